The van der Waals surface area contributed by atoms with E-state index >= 15 is 0 Å². The van der Waals surface area contributed by atoms with Crippen molar-refractivity contribution in [3.63, 3.8) is 0 Å². The van der Waals surface area contributed by atoms with Crippen molar-refractivity contribution < 1.29 is 4.79 Å². The SMILES string of the molecule is Cc1ccc(SCC2=NN(c3nc4ccccc4s3)C(=O)C2=CN(C)C)cc1. The first-order valence-electron chi connectivity index (χ1n) is 8.87. The van der Waals surface area contributed by atoms with Crippen molar-refractivity contribution in [3.8, 4) is 0 Å². The molecule has 0 spiro atoms. The van der Waals surface area contributed by atoms with Crippen LogP contribution < -0.4 is 5.01 Å². The third kappa shape index (κ3) is 3.81. The fourth-order valence-electron chi connectivity index (χ4n) is 2.82. The fraction of sp³-hybridized carbons (Fsp3) is 0.190. The van der Waals surface area contributed by atoms with Gasteiger partial charge in [0.05, 0.1) is 21.5 Å². The van der Waals surface area contributed by atoms with Gasteiger partial charge in [-0.05, 0) is 31.2 Å². The maximum Gasteiger partial charge on any atom is 0.284 e. The molecule has 28 heavy (non-hydrogen) atoms. The summed E-state index contributed by atoms with van der Waals surface area (Å²) in [6.45, 7) is 2.07. The lowest BCUT2D eigenvalue weighted by Gasteiger charge is -2.09. The molecule has 0 fully saturated rings. The van der Waals surface area contributed by atoms with E-state index in [9.17, 15) is 4.79 Å². The molecule has 2 heterocycles. The lowest BCUT2D eigenvalue weighted by molar-refractivity contribution is -0.114. The van der Waals surface area contributed by atoms with Gasteiger partial charge in [-0.3, -0.25) is 4.79 Å². The van der Waals surface area contributed by atoms with Crippen LogP contribution in [0.1, 0.15) is 5.56 Å². The summed E-state index contributed by atoms with van der Waals surface area (Å²) in [5.74, 6) is 0.489. The van der Waals surface area contributed by atoms with E-state index in [1.54, 1.807) is 11.8 Å². The van der Waals surface area contributed by atoms with E-state index in [2.05, 4.69) is 41.3 Å². The van der Waals surface area contributed by atoms with E-state index in [0.717, 1.165) is 20.8 Å². The van der Waals surface area contributed by atoms with Crippen LogP contribution in [0, 0.1) is 6.92 Å². The van der Waals surface area contributed by atoms with E-state index in [4.69, 9.17) is 0 Å². The summed E-state index contributed by atoms with van der Waals surface area (Å²) < 4.78 is 1.04. The Hall–Kier alpha value is -2.64. The standard InChI is InChI=1S/C21H20N4OS2/c1-14-8-10-15(11-9-14)27-13-18-16(12-24(2)3)20(26)25(23-18)21-22-17-6-4-5-7-19(17)28-21/h4-12H,13H2,1-3H3. The van der Waals surface area contributed by atoms with Crippen molar-refractivity contribution >= 4 is 50.1 Å². The number of thiazole rings is 1. The molecule has 0 radical (unpaired) electrons. The maximum atomic E-state index is 13.1. The predicted octanol–water partition coefficient (Wildman–Crippen LogP) is 4.55. The highest BCUT2D eigenvalue weighted by atomic mass is 32.2. The van der Waals surface area contributed by atoms with E-state index in [0.29, 0.717) is 16.5 Å². The molecule has 5 nitrogen and oxygen atoms in total. The minimum atomic E-state index is -0.132. The molecule has 1 aliphatic heterocycles. The van der Waals surface area contributed by atoms with Gasteiger partial charge in [-0.1, -0.05) is 41.2 Å². The van der Waals surface area contributed by atoms with Gasteiger partial charge in [-0.15, -0.1) is 11.8 Å². The number of amides is 1. The molecule has 3 aromatic rings. The fourth-order valence-corrected chi connectivity index (χ4v) is 4.58. The first-order valence-corrected chi connectivity index (χ1v) is 10.7. The van der Waals surface area contributed by atoms with Gasteiger partial charge in [-0.25, -0.2) is 4.98 Å². The second kappa shape index (κ2) is 7.77. The van der Waals surface area contributed by atoms with Crippen LogP contribution in [-0.2, 0) is 4.79 Å². The number of hydrogen-bond acceptors (Lipinski definition) is 6. The average molecular weight is 409 g/mol. The maximum absolute atomic E-state index is 13.1. The van der Waals surface area contributed by atoms with Gasteiger partial charge in [0, 0.05) is 30.9 Å². The molecule has 0 N–H and O–H groups in total. The number of rotatable bonds is 5. The van der Waals surface area contributed by atoms with Crippen molar-refractivity contribution in [2.75, 3.05) is 24.9 Å². The second-order valence-corrected chi connectivity index (χ2v) is 8.79. The zero-order valence-corrected chi connectivity index (χ0v) is 17.5. The van der Waals surface area contributed by atoms with E-state index in [1.807, 2.05) is 49.5 Å². The number of fused-ring (bicyclic) bond motifs is 1. The summed E-state index contributed by atoms with van der Waals surface area (Å²) >= 11 is 3.15. The number of carbonyl (C=O) groups is 1. The molecule has 7 heteroatoms. The molecule has 1 aromatic heterocycles. The zero-order chi connectivity index (χ0) is 19.7. The Balaban J connectivity index is 1.63. The summed E-state index contributed by atoms with van der Waals surface area (Å²) in [6.07, 6.45) is 1.84. The van der Waals surface area contributed by atoms with Gasteiger partial charge in [-0.2, -0.15) is 10.1 Å². The van der Waals surface area contributed by atoms with Crippen molar-refractivity contribution in [2.45, 2.75) is 11.8 Å². The number of aryl methyl sites for hydroxylation is 1. The molecule has 0 atom stereocenters. The minimum absolute atomic E-state index is 0.132. The largest absolute Gasteiger partial charge is 0.383 e. The predicted molar refractivity (Wildman–Crippen MR) is 118 cm³/mol. The highest BCUT2D eigenvalue weighted by Gasteiger charge is 2.33. The summed E-state index contributed by atoms with van der Waals surface area (Å²) in [5.41, 5.74) is 3.49. The first-order chi connectivity index (χ1) is 13.5. The van der Waals surface area contributed by atoms with E-state index < -0.39 is 0 Å². The molecule has 1 amide bonds. The molecule has 0 saturated carbocycles. The van der Waals surface area contributed by atoms with Gasteiger partial charge >= 0.3 is 0 Å². The molecular weight excluding hydrogens is 388 g/mol. The Morgan fingerprint density at radius 3 is 2.61 bits per heavy atom. The third-order valence-corrected chi connectivity index (χ3v) is 6.24. The lowest BCUT2D eigenvalue weighted by atomic mass is 10.2. The van der Waals surface area contributed by atoms with Crippen LogP contribution in [0.15, 0.2) is 70.3 Å². The molecular formula is C21H20N4OS2. The summed E-state index contributed by atoms with van der Waals surface area (Å²) in [5, 5.41) is 6.67. The van der Waals surface area contributed by atoms with Crippen LogP contribution in [0.4, 0.5) is 5.13 Å². The van der Waals surface area contributed by atoms with Crippen LogP contribution in [0.2, 0.25) is 0 Å². The van der Waals surface area contributed by atoms with E-state index in [1.165, 1.54) is 21.9 Å². The Morgan fingerprint density at radius 1 is 1.14 bits per heavy atom. The van der Waals surface area contributed by atoms with Crippen LogP contribution >= 0.6 is 23.1 Å². The van der Waals surface area contributed by atoms with Gasteiger partial charge in [0.15, 0.2) is 0 Å². The second-order valence-electron chi connectivity index (χ2n) is 6.74. The summed E-state index contributed by atoms with van der Waals surface area (Å²) in [6, 6.07) is 16.2. The average Bonchev–Trinajstić information content (AvgIpc) is 3.23. The Morgan fingerprint density at radius 2 is 1.89 bits per heavy atom. The van der Waals surface area contributed by atoms with Crippen LogP contribution in [-0.4, -0.2) is 41.4 Å². The molecule has 142 valence electrons. The van der Waals surface area contributed by atoms with Crippen LogP contribution in [0.5, 0.6) is 0 Å². The van der Waals surface area contributed by atoms with Crippen LogP contribution in [0.25, 0.3) is 10.2 Å². The quantitative estimate of drug-likeness (QED) is 0.459. The highest BCUT2D eigenvalue weighted by Crippen LogP contribution is 2.33. The molecule has 0 saturated heterocycles. The Kier molecular flexibility index (Phi) is 5.19. The first kappa shape index (κ1) is 18.7. The van der Waals surface area contributed by atoms with Crippen molar-refractivity contribution in [1.29, 1.82) is 0 Å². The number of thioether (sulfide) groups is 1. The highest BCUT2D eigenvalue weighted by molar-refractivity contribution is 8.00. The topological polar surface area (TPSA) is 48.8 Å². The lowest BCUT2D eigenvalue weighted by Crippen LogP contribution is -2.22. The minimum Gasteiger partial charge on any atom is -0.383 e. The summed E-state index contributed by atoms with van der Waals surface area (Å²) in [7, 11) is 3.82. The van der Waals surface area contributed by atoms with Gasteiger partial charge in [0.25, 0.3) is 5.91 Å². The number of aromatic nitrogens is 1. The Labute approximate surface area is 172 Å². The molecule has 2 aromatic carbocycles. The number of anilines is 1. The molecule has 0 bridgehead atoms. The van der Waals surface area contributed by atoms with Crippen molar-refractivity contribution in [3.05, 3.63) is 65.9 Å². The number of hydrazone groups is 1. The van der Waals surface area contributed by atoms with Gasteiger partial charge < -0.3 is 4.90 Å². The number of nitrogens with zero attached hydrogens (tertiary/aromatic N) is 4. The van der Waals surface area contributed by atoms with Crippen LogP contribution in [0.3, 0.4) is 0 Å². The van der Waals surface area contributed by atoms with Gasteiger partial charge in [0.2, 0.25) is 5.13 Å². The normalized spacial score (nSPS) is 15.5. The molecule has 0 unspecified atom stereocenters. The number of para-hydroxylation sites is 1. The smallest absolute Gasteiger partial charge is 0.284 e. The molecule has 4 rings (SSSR count). The molecule has 0 aliphatic carbocycles. The zero-order valence-electron chi connectivity index (χ0n) is 15.9. The monoisotopic (exact) mass is 408 g/mol. The van der Waals surface area contributed by atoms with Crippen molar-refractivity contribution in [1.82, 2.24) is 9.88 Å². The number of carbonyl (C=O) groups excluding carboxylic acids is 1. The molecule has 1 aliphatic rings. The summed E-state index contributed by atoms with van der Waals surface area (Å²) in [4.78, 5) is 20.7. The van der Waals surface area contributed by atoms with Gasteiger partial charge in [0.1, 0.15) is 0 Å². The number of benzene rings is 2. The number of hydrogen-bond donors (Lipinski definition) is 0. The van der Waals surface area contributed by atoms with E-state index in [-0.39, 0.29) is 5.91 Å². The third-order valence-electron chi connectivity index (χ3n) is 4.20. The Bertz CT molecular complexity index is 1050. The van der Waals surface area contributed by atoms with Crippen molar-refractivity contribution in [2.24, 2.45) is 5.10 Å².